The van der Waals surface area contributed by atoms with Gasteiger partial charge in [0.15, 0.2) is 0 Å². The summed E-state index contributed by atoms with van der Waals surface area (Å²) < 4.78 is 31.3. The van der Waals surface area contributed by atoms with Gasteiger partial charge in [-0.2, -0.15) is 8.42 Å². The minimum Gasteiger partial charge on any atom is -0.390 e. The van der Waals surface area contributed by atoms with Gasteiger partial charge in [-0.1, -0.05) is 53.2 Å². The van der Waals surface area contributed by atoms with Crippen molar-refractivity contribution in [1.29, 1.82) is 0 Å². The fraction of sp³-hybridized carbons (Fsp3) is 0.800. The van der Waals surface area contributed by atoms with E-state index in [1.807, 2.05) is 13.8 Å². The lowest BCUT2D eigenvalue weighted by Gasteiger charge is -2.33. The number of hydrogen-bond acceptors (Lipinski definition) is 4. The van der Waals surface area contributed by atoms with Crippen molar-refractivity contribution in [3.8, 4) is 0 Å². The Hall–Kier alpha value is -0.650. The average Bonchev–Trinajstić information content (AvgIpc) is 2.43. The molecule has 1 aliphatic rings. The van der Waals surface area contributed by atoms with Crippen molar-refractivity contribution in [2.24, 2.45) is 23.7 Å². The van der Waals surface area contributed by atoms with E-state index in [1.54, 1.807) is 13.8 Å². The molecule has 0 bridgehead atoms. The molecular formula is C20H36O4S. The van der Waals surface area contributed by atoms with Gasteiger partial charge in [-0.15, -0.1) is 0 Å². The summed E-state index contributed by atoms with van der Waals surface area (Å²) >= 11 is 0. The summed E-state index contributed by atoms with van der Waals surface area (Å²) in [6, 6.07) is 0. The Labute approximate surface area is 154 Å². The van der Waals surface area contributed by atoms with Crippen LogP contribution in [0, 0.1) is 23.7 Å². The molecule has 5 heteroatoms. The third-order valence-corrected chi connectivity index (χ3v) is 6.36. The van der Waals surface area contributed by atoms with Gasteiger partial charge < -0.3 is 5.11 Å². The number of aliphatic hydroxyl groups is 1. The van der Waals surface area contributed by atoms with Crippen LogP contribution in [0.3, 0.4) is 0 Å². The first-order chi connectivity index (χ1) is 11.3. The van der Waals surface area contributed by atoms with Crippen molar-refractivity contribution in [3.63, 3.8) is 0 Å². The van der Waals surface area contributed by atoms with Crippen LogP contribution in [0.2, 0.25) is 0 Å². The normalized spacial score (nSPS) is 20.0. The first kappa shape index (κ1) is 22.4. The molecule has 146 valence electrons. The Morgan fingerprint density at radius 1 is 1.16 bits per heavy atom. The lowest BCUT2D eigenvalue weighted by atomic mass is 9.77. The van der Waals surface area contributed by atoms with Gasteiger partial charge in [0.25, 0.3) is 10.1 Å². The van der Waals surface area contributed by atoms with Crippen molar-refractivity contribution in [2.45, 2.75) is 73.8 Å². The van der Waals surface area contributed by atoms with Crippen LogP contribution in [0.5, 0.6) is 0 Å². The predicted octanol–water partition coefficient (Wildman–Crippen LogP) is 4.66. The van der Waals surface area contributed by atoms with Crippen molar-refractivity contribution >= 4 is 10.1 Å². The molecule has 0 saturated heterocycles. The molecule has 0 amide bonds. The van der Waals surface area contributed by atoms with Gasteiger partial charge >= 0.3 is 0 Å². The molecule has 0 radical (unpaired) electrons. The van der Waals surface area contributed by atoms with Crippen LogP contribution >= 0.6 is 0 Å². The Morgan fingerprint density at radius 3 is 2.12 bits per heavy atom. The standard InChI is InChI=1S/C20H36O4S/c1-13(2)16-11-17(14(3)4)19(18(12-16)15(5)6)25(22,23)24-10-9-20(7,8)21/h11,13-15,18,21H,9-10,12H2,1-8H3. The zero-order valence-corrected chi connectivity index (χ0v) is 17.9. The van der Waals surface area contributed by atoms with Gasteiger partial charge in [0.05, 0.1) is 17.1 Å². The molecule has 0 aliphatic heterocycles. The van der Waals surface area contributed by atoms with Crippen molar-refractivity contribution in [3.05, 3.63) is 22.1 Å². The first-order valence-corrected chi connectivity index (χ1v) is 10.7. The van der Waals surface area contributed by atoms with E-state index in [1.165, 1.54) is 5.57 Å². The number of hydrogen-bond donors (Lipinski definition) is 1. The maximum Gasteiger partial charge on any atom is 0.293 e. The molecule has 0 aromatic heterocycles. The fourth-order valence-electron chi connectivity index (χ4n) is 3.08. The van der Waals surface area contributed by atoms with Crippen molar-refractivity contribution in [2.75, 3.05) is 6.61 Å². The van der Waals surface area contributed by atoms with Crippen molar-refractivity contribution in [1.82, 2.24) is 0 Å². The molecule has 4 nitrogen and oxygen atoms in total. The molecular weight excluding hydrogens is 336 g/mol. The molecule has 25 heavy (non-hydrogen) atoms. The third kappa shape index (κ3) is 6.22. The molecule has 0 aromatic carbocycles. The Morgan fingerprint density at radius 2 is 1.72 bits per heavy atom. The highest BCUT2D eigenvalue weighted by Gasteiger charge is 2.36. The second-order valence-corrected chi connectivity index (χ2v) is 10.3. The van der Waals surface area contributed by atoms with Gasteiger partial charge in [-0.25, -0.2) is 0 Å². The summed E-state index contributed by atoms with van der Waals surface area (Å²) in [6.07, 6.45) is 3.10. The van der Waals surface area contributed by atoms with Gasteiger partial charge in [0, 0.05) is 12.3 Å². The van der Waals surface area contributed by atoms with Crippen LogP contribution in [-0.2, 0) is 14.3 Å². The highest BCUT2D eigenvalue weighted by atomic mass is 32.2. The highest BCUT2D eigenvalue weighted by molar-refractivity contribution is 7.90. The van der Waals surface area contributed by atoms with E-state index in [4.69, 9.17) is 4.18 Å². The largest absolute Gasteiger partial charge is 0.390 e. The van der Waals surface area contributed by atoms with E-state index in [-0.39, 0.29) is 30.8 Å². The van der Waals surface area contributed by atoms with E-state index in [0.29, 0.717) is 10.8 Å². The van der Waals surface area contributed by atoms with Crippen molar-refractivity contribution < 1.29 is 17.7 Å². The molecule has 0 heterocycles. The van der Waals surface area contributed by atoms with E-state index >= 15 is 0 Å². The molecule has 1 rings (SSSR count). The Balaban J connectivity index is 3.32. The van der Waals surface area contributed by atoms with Crippen LogP contribution in [0.25, 0.3) is 0 Å². The summed E-state index contributed by atoms with van der Waals surface area (Å²) in [5.74, 6) is 0.652. The minimum atomic E-state index is -3.82. The summed E-state index contributed by atoms with van der Waals surface area (Å²) in [7, 11) is -3.82. The van der Waals surface area contributed by atoms with Gasteiger partial charge in [-0.3, -0.25) is 4.18 Å². The second-order valence-electron chi connectivity index (χ2n) is 8.74. The second kappa shape index (κ2) is 8.36. The quantitative estimate of drug-likeness (QED) is 0.629. The summed E-state index contributed by atoms with van der Waals surface area (Å²) in [6.45, 7) is 15.8. The van der Waals surface area contributed by atoms with Crippen LogP contribution in [0.1, 0.15) is 68.2 Å². The smallest absolute Gasteiger partial charge is 0.293 e. The summed E-state index contributed by atoms with van der Waals surface area (Å²) in [5.41, 5.74) is 1.23. The van der Waals surface area contributed by atoms with Crippen LogP contribution in [0.15, 0.2) is 22.1 Å². The predicted molar refractivity (Wildman–Crippen MR) is 104 cm³/mol. The monoisotopic (exact) mass is 372 g/mol. The average molecular weight is 373 g/mol. The highest BCUT2D eigenvalue weighted by Crippen LogP contribution is 2.42. The van der Waals surface area contributed by atoms with Gasteiger partial charge in [-0.05, 0) is 43.6 Å². The zero-order chi connectivity index (χ0) is 19.6. The lowest BCUT2D eigenvalue weighted by Crippen LogP contribution is -2.28. The van der Waals surface area contributed by atoms with Gasteiger partial charge in [0.2, 0.25) is 0 Å². The summed E-state index contributed by atoms with van der Waals surface area (Å²) in [4.78, 5) is 0.442. The lowest BCUT2D eigenvalue weighted by molar-refractivity contribution is 0.0565. The van der Waals surface area contributed by atoms with E-state index in [9.17, 15) is 13.5 Å². The third-order valence-electron chi connectivity index (χ3n) is 4.81. The van der Waals surface area contributed by atoms with Crippen LogP contribution in [-0.4, -0.2) is 25.7 Å². The molecule has 1 unspecified atom stereocenters. The van der Waals surface area contributed by atoms with E-state index < -0.39 is 15.7 Å². The van der Waals surface area contributed by atoms with Gasteiger partial charge in [0.1, 0.15) is 0 Å². The van der Waals surface area contributed by atoms with Crippen LogP contribution in [0.4, 0.5) is 0 Å². The minimum absolute atomic E-state index is 0.00766. The Bertz CT molecular complexity index is 617. The number of rotatable bonds is 8. The molecule has 0 spiro atoms. The number of allylic oxidation sites excluding steroid dienone is 4. The molecule has 0 saturated carbocycles. The zero-order valence-electron chi connectivity index (χ0n) is 17.1. The first-order valence-electron chi connectivity index (χ1n) is 9.32. The molecule has 0 fully saturated rings. The maximum absolute atomic E-state index is 13.0. The van der Waals surface area contributed by atoms with Crippen LogP contribution < -0.4 is 0 Å². The molecule has 1 atom stereocenters. The maximum atomic E-state index is 13.0. The SMILES string of the molecule is CC(C)C1=CC(C(C)C)=C(S(=O)(=O)OCCC(C)(C)O)C(C(C)C)C1. The summed E-state index contributed by atoms with van der Waals surface area (Å²) in [5, 5.41) is 9.80. The Kier molecular flexibility index (Phi) is 7.49. The fourth-order valence-corrected chi connectivity index (χ4v) is 4.82. The molecule has 0 aromatic rings. The molecule has 1 N–H and O–H groups in total. The topological polar surface area (TPSA) is 63.6 Å². The van der Waals surface area contributed by atoms with E-state index in [0.717, 1.165) is 12.0 Å². The van der Waals surface area contributed by atoms with E-state index in [2.05, 4.69) is 33.8 Å². The molecule has 1 aliphatic carbocycles.